The minimum atomic E-state index is -0.909. The molecule has 0 fully saturated rings. The number of rotatable bonds is 9. The summed E-state index contributed by atoms with van der Waals surface area (Å²) < 4.78 is 13.9. The summed E-state index contributed by atoms with van der Waals surface area (Å²) in [5, 5.41) is 5.09. The lowest BCUT2D eigenvalue weighted by molar-refractivity contribution is -0.147. The van der Waals surface area contributed by atoms with Crippen LogP contribution in [0.15, 0.2) is 121 Å². The van der Waals surface area contributed by atoms with Crippen LogP contribution in [-0.2, 0) is 33.8 Å². The summed E-state index contributed by atoms with van der Waals surface area (Å²) in [6.45, 7) is 3.26. The molecule has 1 aliphatic carbocycles. The van der Waals surface area contributed by atoms with E-state index in [1.165, 1.54) is 10.9 Å². The summed E-state index contributed by atoms with van der Waals surface area (Å²) >= 11 is 0. The molecule has 6 aromatic rings. The lowest BCUT2D eigenvalue weighted by atomic mass is 9.98. The van der Waals surface area contributed by atoms with Crippen LogP contribution in [0.5, 0.6) is 0 Å². The van der Waals surface area contributed by atoms with E-state index in [-0.39, 0.29) is 25.6 Å². The summed E-state index contributed by atoms with van der Waals surface area (Å²) in [6, 6.07) is 39.6. The van der Waals surface area contributed by atoms with Crippen molar-refractivity contribution in [1.29, 1.82) is 0 Å². The Hall–Kier alpha value is -5.36. The van der Waals surface area contributed by atoms with E-state index in [1.54, 1.807) is 0 Å². The fourth-order valence-electron chi connectivity index (χ4n) is 6.61. The molecule has 1 N–H and O–H groups in total. The molecule has 1 amide bonds. The topological polar surface area (TPSA) is 69.6 Å². The van der Waals surface area contributed by atoms with Crippen LogP contribution < -0.4 is 5.32 Å². The fraction of sp³-hybridized carbons (Fsp3) is 0.179. The normalized spacial score (nSPS) is 12.9. The van der Waals surface area contributed by atoms with Crippen molar-refractivity contribution in [3.63, 3.8) is 0 Å². The molecule has 1 unspecified atom stereocenters. The van der Waals surface area contributed by atoms with Gasteiger partial charge in [0.1, 0.15) is 19.3 Å². The molecule has 0 spiro atoms. The zero-order valence-corrected chi connectivity index (χ0v) is 25.1. The second-order valence-corrected chi connectivity index (χ2v) is 11.4. The molecule has 0 radical (unpaired) electrons. The van der Waals surface area contributed by atoms with Crippen LogP contribution in [0.3, 0.4) is 0 Å². The van der Waals surface area contributed by atoms with Crippen molar-refractivity contribution in [3.05, 3.63) is 144 Å². The fourth-order valence-corrected chi connectivity index (χ4v) is 6.61. The third-order valence-electron chi connectivity index (χ3n) is 8.74. The van der Waals surface area contributed by atoms with Gasteiger partial charge in [0.15, 0.2) is 0 Å². The van der Waals surface area contributed by atoms with E-state index >= 15 is 0 Å². The van der Waals surface area contributed by atoms with Gasteiger partial charge in [-0.3, -0.25) is 0 Å². The van der Waals surface area contributed by atoms with Crippen molar-refractivity contribution >= 4 is 33.9 Å². The number of benzene rings is 5. The number of hydrogen-bond donors (Lipinski definition) is 1. The monoisotopic (exact) mass is 594 g/mol. The molecule has 45 heavy (non-hydrogen) atoms. The van der Waals surface area contributed by atoms with Gasteiger partial charge < -0.3 is 19.4 Å². The Bertz CT molecular complexity index is 1970. The highest BCUT2D eigenvalue weighted by Crippen LogP contribution is 2.44. The molecule has 6 nitrogen and oxygen atoms in total. The highest BCUT2D eigenvalue weighted by molar-refractivity contribution is 6.08. The van der Waals surface area contributed by atoms with Gasteiger partial charge >= 0.3 is 12.1 Å². The summed E-state index contributed by atoms with van der Waals surface area (Å²) in [4.78, 5) is 26.6. The number of aryl methyl sites for hydroxylation is 1. The predicted molar refractivity (Wildman–Crippen MR) is 177 cm³/mol. The molecule has 0 aliphatic heterocycles. The average Bonchev–Trinajstić information content (AvgIpc) is 3.58. The first-order chi connectivity index (χ1) is 22.1. The Kier molecular flexibility index (Phi) is 7.78. The van der Waals surface area contributed by atoms with Crippen molar-refractivity contribution in [2.45, 2.75) is 38.5 Å². The van der Waals surface area contributed by atoms with Crippen molar-refractivity contribution in [2.75, 3.05) is 6.61 Å². The van der Waals surface area contributed by atoms with Gasteiger partial charge in [-0.05, 0) is 58.5 Å². The van der Waals surface area contributed by atoms with E-state index in [4.69, 9.17) is 9.47 Å². The molecular formula is C39H34N2O4. The smallest absolute Gasteiger partial charge is 0.407 e. The Morgan fingerprint density at radius 1 is 0.711 bits per heavy atom. The lowest BCUT2D eigenvalue weighted by Gasteiger charge is -2.19. The van der Waals surface area contributed by atoms with Crippen LogP contribution in [0.25, 0.3) is 32.9 Å². The SMILES string of the molecule is CCn1c2ccccc2c2cc(COC(=O)C(Cc3ccccc3)NC(=O)OCC3c4ccccc4-c4ccccc43)ccc21. The Morgan fingerprint density at radius 3 is 2.09 bits per heavy atom. The molecule has 224 valence electrons. The zero-order chi connectivity index (χ0) is 30.8. The van der Waals surface area contributed by atoms with Gasteiger partial charge in [0, 0.05) is 40.7 Å². The number of carbonyl (C=O) groups excluding carboxylic acids is 2. The molecule has 5 aromatic carbocycles. The number of alkyl carbamates (subject to hydrolysis) is 1. The lowest BCUT2D eigenvalue weighted by Crippen LogP contribution is -2.43. The molecular weight excluding hydrogens is 560 g/mol. The Morgan fingerprint density at radius 2 is 1.36 bits per heavy atom. The largest absolute Gasteiger partial charge is 0.459 e. The van der Waals surface area contributed by atoms with Gasteiger partial charge in [-0.25, -0.2) is 9.59 Å². The average molecular weight is 595 g/mol. The van der Waals surface area contributed by atoms with Gasteiger partial charge in [-0.2, -0.15) is 0 Å². The van der Waals surface area contributed by atoms with Gasteiger partial charge in [0.2, 0.25) is 0 Å². The maximum atomic E-state index is 13.5. The highest BCUT2D eigenvalue weighted by atomic mass is 16.6. The highest BCUT2D eigenvalue weighted by Gasteiger charge is 2.30. The third-order valence-corrected chi connectivity index (χ3v) is 8.74. The number of hydrogen-bond acceptors (Lipinski definition) is 4. The van der Waals surface area contributed by atoms with E-state index < -0.39 is 18.1 Å². The van der Waals surface area contributed by atoms with E-state index in [0.29, 0.717) is 0 Å². The number of fused-ring (bicyclic) bond motifs is 6. The van der Waals surface area contributed by atoms with Gasteiger partial charge in [-0.15, -0.1) is 0 Å². The molecule has 0 bridgehead atoms. The maximum absolute atomic E-state index is 13.5. The quantitative estimate of drug-likeness (QED) is 0.172. The molecule has 6 heteroatoms. The Labute approximate surface area is 262 Å². The molecule has 1 aromatic heterocycles. The number of amides is 1. The first kappa shape index (κ1) is 28.4. The number of carbonyl (C=O) groups is 2. The number of ether oxygens (including phenoxy) is 2. The minimum absolute atomic E-state index is 0.0729. The van der Waals surface area contributed by atoms with Gasteiger partial charge in [0.05, 0.1) is 0 Å². The van der Waals surface area contributed by atoms with Crippen LogP contribution in [0.2, 0.25) is 0 Å². The number of aromatic nitrogens is 1. The number of esters is 1. The van der Waals surface area contributed by atoms with Crippen molar-refractivity contribution in [2.24, 2.45) is 0 Å². The van der Waals surface area contributed by atoms with Crippen molar-refractivity contribution in [1.82, 2.24) is 9.88 Å². The van der Waals surface area contributed by atoms with Crippen molar-refractivity contribution < 1.29 is 19.1 Å². The van der Waals surface area contributed by atoms with Crippen LogP contribution in [-0.4, -0.2) is 29.3 Å². The van der Waals surface area contributed by atoms with E-state index in [0.717, 1.165) is 50.8 Å². The second-order valence-electron chi connectivity index (χ2n) is 11.4. The number of nitrogens with zero attached hydrogens (tertiary/aromatic N) is 1. The zero-order valence-electron chi connectivity index (χ0n) is 25.1. The van der Waals surface area contributed by atoms with Gasteiger partial charge in [-0.1, -0.05) is 103 Å². The first-order valence-corrected chi connectivity index (χ1v) is 15.4. The Balaban J connectivity index is 1.06. The standard InChI is InChI=1S/C39H34N2O4/c1-2-41-36-19-11-10-18-32(36)33-22-27(20-21-37(33)41)24-44-38(42)35(23-26-12-4-3-5-13-26)40-39(43)45-25-34-30-16-8-6-14-28(30)29-15-7-9-17-31(29)34/h3-22,34-35H,2,23-25H2,1H3,(H,40,43). The molecule has 1 aliphatic rings. The minimum Gasteiger partial charge on any atom is -0.459 e. The summed E-state index contributed by atoms with van der Waals surface area (Å²) in [7, 11) is 0. The van der Waals surface area contributed by atoms with Crippen LogP contribution >= 0.6 is 0 Å². The summed E-state index contributed by atoms with van der Waals surface area (Å²) in [5.41, 5.74) is 8.69. The predicted octanol–water partition coefficient (Wildman–Crippen LogP) is 8.01. The second kappa shape index (κ2) is 12.3. The summed E-state index contributed by atoms with van der Waals surface area (Å²) in [6.07, 6.45) is -0.365. The first-order valence-electron chi connectivity index (χ1n) is 15.4. The molecule has 0 saturated carbocycles. The van der Waals surface area contributed by atoms with Crippen LogP contribution in [0.1, 0.15) is 35.1 Å². The molecule has 1 atom stereocenters. The number of para-hydroxylation sites is 1. The van der Waals surface area contributed by atoms with Gasteiger partial charge in [0.25, 0.3) is 0 Å². The summed E-state index contributed by atoms with van der Waals surface area (Å²) in [5.74, 6) is -0.584. The number of nitrogens with one attached hydrogen (secondary N) is 1. The molecule has 7 rings (SSSR count). The van der Waals surface area contributed by atoms with Crippen molar-refractivity contribution in [3.8, 4) is 11.1 Å². The van der Waals surface area contributed by atoms with Crippen LogP contribution in [0.4, 0.5) is 4.79 Å². The third kappa shape index (κ3) is 5.55. The van der Waals surface area contributed by atoms with E-state index in [2.05, 4.69) is 65.3 Å². The molecule has 0 saturated heterocycles. The maximum Gasteiger partial charge on any atom is 0.407 e. The van der Waals surface area contributed by atoms with E-state index in [9.17, 15) is 9.59 Å². The molecule has 1 heterocycles. The van der Waals surface area contributed by atoms with E-state index in [1.807, 2.05) is 72.8 Å². The van der Waals surface area contributed by atoms with Crippen LogP contribution in [0, 0.1) is 0 Å².